The number of ether oxygens (including phenoxy) is 11. The molecule has 0 radical (unpaired) electrons. The largest absolute Gasteiger partial charge is 0.508 e. The standard InChI is InChI=1S/C54H66O31/c1-18-32(61)37(66)41(70)50(75-18)77-24-13-25(59)31-26(14-24)78-46(21-6-10-23(58)11-7-21)47(36(31)65)83-54-49(85-52-43(72)39(68)34(63)28(16-56)80-52)48(84-51-42(71)38(67)33(62)27(15-55)79-51)45(19(2)76-54)82-53-44(73)40(69)35(64)29(81-53)17-74-30(60)12-5-20-3-8-22(57)9-4-20/h3-14,18-19,27-29,32-35,37-45,48-59,61-64,66-73H,15-17H2,1-2H3. The third-order valence-electron chi connectivity index (χ3n) is 15.0. The van der Waals surface area contributed by atoms with Gasteiger partial charge in [0.1, 0.15) is 144 Å². The molecule has 25 unspecified atom stereocenters. The first-order valence-corrected chi connectivity index (χ1v) is 26.6. The summed E-state index contributed by atoms with van der Waals surface area (Å²) in [6.07, 6.45) is -45.9. The van der Waals surface area contributed by atoms with E-state index in [0.29, 0.717) is 5.56 Å². The minimum absolute atomic E-state index is 0.0297. The summed E-state index contributed by atoms with van der Waals surface area (Å²) >= 11 is 0. The summed E-state index contributed by atoms with van der Waals surface area (Å²) in [6, 6.07) is 12.6. The molecule has 25 atom stereocenters. The average molecular weight is 1210 g/mol. The first kappa shape index (κ1) is 63.7. The van der Waals surface area contributed by atoms with Crippen LogP contribution in [0.2, 0.25) is 0 Å². The Morgan fingerprint density at radius 1 is 0.518 bits per heavy atom. The highest BCUT2D eigenvalue weighted by molar-refractivity contribution is 5.88. The predicted molar refractivity (Wildman–Crippen MR) is 276 cm³/mol. The van der Waals surface area contributed by atoms with Gasteiger partial charge in [-0.3, -0.25) is 4.79 Å². The van der Waals surface area contributed by atoms with Crippen molar-refractivity contribution in [2.45, 2.75) is 167 Å². The Balaban J connectivity index is 1.12. The van der Waals surface area contributed by atoms with Gasteiger partial charge in [0.25, 0.3) is 0 Å². The third kappa shape index (κ3) is 13.4. The molecule has 1 aromatic heterocycles. The Kier molecular flexibility index (Phi) is 20.0. The Morgan fingerprint density at radius 2 is 1.00 bits per heavy atom. The van der Waals surface area contributed by atoms with E-state index in [1.807, 2.05) is 0 Å². The fourth-order valence-corrected chi connectivity index (χ4v) is 10.1. The van der Waals surface area contributed by atoms with Gasteiger partial charge in [0, 0.05) is 23.8 Å². The van der Waals surface area contributed by atoms with Crippen molar-refractivity contribution in [3.8, 4) is 40.1 Å². The molecule has 5 aliphatic heterocycles. The highest BCUT2D eigenvalue weighted by Crippen LogP contribution is 2.42. The smallest absolute Gasteiger partial charge is 0.330 e. The molecule has 9 rings (SSSR count). The van der Waals surface area contributed by atoms with Gasteiger partial charge in [-0.2, -0.15) is 0 Å². The molecule has 31 heteroatoms. The van der Waals surface area contributed by atoms with Crippen LogP contribution in [-0.4, -0.2) is 266 Å². The van der Waals surface area contributed by atoms with Crippen LogP contribution >= 0.6 is 0 Å². The fourth-order valence-electron chi connectivity index (χ4n) is 10.1. The zero-order valence-corrected chi connectivity index (χ0v) is 44.8. The summed E-state index contributed by atoms with van der Waals surface area (Å²) < 4.78 is 71.9. The molecule has 4 aromatic rings. The quantitative estimate of drug-likeness (QED) is 0.0347. The normalized spacial score (nSPS) is 38.9. The van der Waals surface area contributed by atoms with Gasteiger partial charge in [-0.05, 0) is 61.9 Å². The van der Waals surface area contributed by atoms with Crippen molar-refractivity contribution in [2.75, 3.05) is 19.8 Å². The van der Waals surface area contributed by atoms with Crippen molar-refractivity contribution >= 4 is 23.0 Å². The number of phenols is 3. The summed E-state index contributed by atoms with van der Waals surface area (Å²) in [4.78, 5) is 27.9. The Hall–Kier alpha value is -5.80. The number of aromatic hydroxyl groups is 3. The highest BCUT2D eigenvalue weighted by atomic mass is 16.8. The van der Waals surface area contributed by atoms with Crippen molar-refractivity contribution in [3.05, 3.63) is 82.5 Å². The van der Waals surface area contributed by atoms with Crippen molar-refractivity contribution in [3.63, 3.8) is 0 Å². The van der Waals surface area contributed by atoms with E-state index in [2.05, 4.69) is 0 Å². The van der Waals surface area contributed by atoms with Gasteiger partial charge in [-0.1, -0.05) is 12.1 Å². The lowest BCUT2D eigenvalue weighted by Gasteiger charge is -2.50. The number of carbonyl (C=O) groups is 1. The molecule has 0 saturated carbocycles. The summed E-state index contributed by atoms with van der Waals surface area (Å²) in [5.74, 6) is -3.80. The van der Waals surface area contributed by atoms with Crippen LogP contribution in [0.25, 0.3) is 28.4 Å². The lowest BCUT2D eigenvalue weighted by molar-refractivity contribution is -0.400. The first-order valence-electron chi connectivity index (χ1n) is 26.6. The first-order chi connectivity index (χ1) is 40.4. The fraction of sp³-hybridized carbons (Fsp3) is 0.556. The van der Waals surface area contributed by atoms with Gasteiger partial charge >= 0.3 is 5.97 Å². The van der Waals surface area contributed by atoms with E-state index in [-0.39, 0.29) is 22.8 Å². The maximum absolute atomic E-state index is 15.1. The Bertz CT molecular complexity index is 2980. The minimum Gasteiger partial charge on any atom is -0.508 e. The molecule has 5 saturated heterocycles. The van der Waals surface area contributed by atoms with Crippen molar-refractivity contribution in [1.29, 1.82) is 0 Å². The number of rotatable bonds is 17. The van der Waals surface area contributed by atoms with Crippen molar-refractivity contribution in [2.24, 2.45) is 0 Å². The molecule has 17 N–H and O–H groups in total. The van der Waals surface area contributed by atoms with Crippen LogP contribution in [0.1, 0.15) is 19.4 Å². The molecule has 31 nitrogen and oxygen atoms in total. The minimum atomic E-state index is -2.24. The van der Waals surface area contributed by atoms with Gasteiger partial charge < -0.3 is 143 Å². The second-order valence-corrected chi connectivity index (χ2v) is 20.8. The lowest BCUT2D eigenvalue weighted by atomic mass is 9.95. The predicted octanol–water partition coefficient (Wildman–Crippen LogP) is -5.27. The molecule has 0 amide bonds. The van der Waals surface area contributed by atoms with E-state index < -0.39 is 213 Å². The second-order valence-electron chi connectivity index (χ2n) is 20.8. The van der Waals surface area contributed by atoms with Crippen LogP contribution in [0.5, 0.6) is 28.7 Å². The number of carbonyl (C=O) groups excluding carboxylic acids is 1. The SMILES string of the molecule is CC1OC(Oc2cc(O)c3c(=O)c(OC4OC(C)C(OC5OC(COC(=O)C=Cc6ccc(O)cc6)C(O)C(O)C5O)C(OC5OC(CO)C(O)C(O)C5O)C4OC4OC(CO)C(O)C(O)C4O)c(-c4ccc(O)cc4)oc3c2)C(O)C(O)C1O. The number of aliphatic hydroxyl groups is 14. The molecule has 5 fully saturated rings. The Morgan fingerprint density at radius 3 is 1.56 bits per heavy atom. The van der Waals surface area contributed by atoms with Crippen LogP contribution in [0.15, 0.2) is 76.0 Å². The van der Waals surface area contributed by atoms with E-state index in [4.69, 9.17) is 56.5 Å². The molecule has 0 bridgehead atoms. The van der Waals surface area contributed by atoms with E-state index in [1.54, 1.807) is 0 Å². The molecule has 0 aliphatic carbocycles. The molecule has 85 heavy (non-hydrogen) atoms. The van der Waals surface area contributed by atoms with Gasteiger partial charge in [0.15, 0.2) is 30.7 Å². The van der Waals surface area contributed by atoms with Crippen molar-refractivity contribution < 1.29 is 148 Å². The van der Waals surface area contributed by atoms with Gasteiger partial charge in [-0.15, -0.1) is 0 Å². The Labute approximate surface area is 479 Å². The topological polar surface area (TPSA) is 493 Å². The van der Waals surface area contributed by atoms with Crippen LogP contribution in [0.3, 0.4) is 0 Å². The third-order valence-corrected chi connectivity index (χ3v) is 15.0. The van der Waals surface area contributed by atoms with E-state index in [9.17, 15) is 91.6 Å². The van der Waals surface area contributed by atoms with Crippen LogP contribution in [-0.2, 0) is 47.4 Å². The zero-order chi connectivity index (χ0) is 61.5. The number of aliphatic hydroxyl groups excluding tert-OH is 14. The van der Waals surface area contributed by atoms with Gasteiger partial charge in [-0.25, -0.2) is 4.79 Å². The average Bonchev–Trinajstić information content (AvgIpc) is 0.997. The zero-order valence-electron chi connectivity index (χ0n) is 44.8. The molecular weight excluding hydrogens is 1140 g/mol. The van der Waals surface area contributed by atoms with E-state index >= 15 is 4.79 Å². The maximum atomic E-state index is 15.1. The highest BCUT2D eigenvalue weighted by Gasteiger charge is 2.57. The van der Waals surface area contributed by atoms with Gasteiger partial charge in [0.05, 0.1) is 25.4 Å². The van der Waals surface area contributed by atoms with E-state index in [0.717, 1.165) is 18.2 Å². The number of esters is 1. The molecule has 5 aliphatic rings. The summed E-state index contributed by atoms with van der Waals surface area (Å²) in [6.45, 7) is -0.136. The van der Waals surface area contributed by atoms with E-state index in [1.165, 1.54) is 68.5 Å². The number of fused-ring (bicyclic) bond motifs is 1. The molecule has 3 aromatic carbocycles. The van der Waals surface area contributed by atoms with Crippen LogP contribution < -0.4 is 14.9 Å². The molecule has 468 valence electrons. The number of phenolic OH excluding ortho intramolecular Hbond substituents is 3. The number of hydrogen-bond acceptors (Lipinski definition) is 31. The summed E-state index contributed by atoms with van der Waals surface area (Å²) in [5, 5.41) is 182. The number of benzene rings is 3. The molecular formula is C54H66O31. The summed E-state index contributed by atoms with van der Waals surface area (Å²) in [5.41, 5.74) is -1.18. The molecule has 6 heterocycles. The summed E-state index contributed by atoms with van der Waals surface area (Å²) in [7, 11) is 0. The lowest BCUT2D eigenvalue weighted by Crippen LogP contribution is -2.68. The second kappa shape index (κ2) is 26.7. The maximum Gasteiger partial charge on any atom is 0.330 e. The monoisotopic (exact) mass is 1210 g/mol. The van der Waals surface area contributed by atoms with Gasteiger partial charge in [0.2, 0.25) is 23.8 Å². The van der Waals surface area contributed by atoms with Crippen LogP contribution in [0, 0.1) is 0 Å². The van der Waals surface area contributed by atoms with Crippen molar-refractivity contribution in [1.82, 2.24) is 0 Å². The number of hydrogen-bond donors (Lipinski definition) is 17. The van der Waals surface area contributed by atoms with Crippen LogP contribution in [0.4, 0.5) is 0 Å². The molecule has 0 spiro atoms.